The third kappa shape index (κ3) is 8.07. The summed E-state index contributed by atoms with van der Waals surface area (Å²) in [5, 5.41) is 10.8. The molecule has 0 aliphatic carbocycles. The summed E-state index contributed by atoms with van der Waals surface area (Å²) in [6.07, 6.45) is 8.59. The fourth-order valence-corrected chi connectivity index (χ4v) is 1.22. The molecule has 0 aromatic carbocycles. The Bertz CT molecular complexity index is 255. The van der Waals surface area contributed by atoms with Crippen LogP contribution in [0.15, 0.2) is 29.6 Å². The second-order valence-electron chi connectivity index (χ2n) is 3.13. The second-order valence-corrected chi connectivity index (χ2v) is 3.13. The summed E-state index contributed by atoms with van der Waals surface area (Å²) < 4.78 is 4.95. The first kappa shape index (κ1) is 17.6. The fraction of sp³-hybridized carbons (Fsp3) is 0.545. The molecular formula is C11H15IO2Zn-. The maximum atomic E-state index is 10.8. The van der Waals surface area contributed by atoms with Gasteiger partial charge in [-0.1, -0.05) is 31.9 Å². The van der Waals surface area contributed by atoms with Gasteiger partial charge < -0.3 is 28.7 Å². The molecule has 4 heteroatoms. The molecule has 0 unspecified atom stereocenters. The van der Waals surface area contributed by atoms with Gasteiger partial charge in [-0.15, -0.1) is 0 Å². The maximum Gasteiger partial charge on any atom is 0.337 e. The third-order valence-electron chi connectivity index (χ3n) is 1.94. The molecule has 81 valence electrons. The van der Waals surface area contributed by atoms with E-state index in [9.17, 15) is 5.11 Å². The van der Waals surface area contributed by atoms with Crippen LogP contribution in [0.1, 0.15) is 39.0 Å². The summed E-state index contributed by atoms with van der Waals surface area (Å²) in [5.74, 6) is 0.410. The zero-order chi connectivity index (χ0) is 9.52. The Morgan fingerprint density at radius 1 is 1.33 bits per heavy atom. The summed E-state index contributed by atoms with van der Waals surface area (Å²) >= 11 is 0. The van der Waals surface area contributed by atoms with Gasteiger partial charge in [-0.25, -0.2) is 5.11 Å². The van der Waals surface area contributed by atoms with Crippen LogP contribution < -0.4 is 24.0 Å². The van der Waals surface area contributed by atoms with Crippen LogP contribution in [0, 0.1) is 0 Å². The van der Waals surface area contributed by atoms with Crippen LogP contribution in [0.25, 0.3) is 0 Å². The van der Waals surface area contributed by atoms with Gasteiger partial charge in [-0.3, -0.25) is 0 Å². The molecule has 15 heavy (non-hydrogen) atoms. The Hall–Kier alpha value is 0.213. The van der Waals surface area contributed by atoms with Crippen LogP contribution in [-0.4, -0.2) is 0 Å². The van der Waals surface area contributed by atoms with Gasteiger partial charge in [0.1, 0.15) is 5.76 Å². The number of rotatable bonds is 5. The van der Waals surface area contributed by atoms with Gasteiger partial charge in [-0.05, 0) is 12.5 Å². The van der Waals surface area contributed by atoms with E-state index in [1.807, 2.05) is 0 Å². The molecule has 1 aliphatic heterocycles. The average molecular weight is 372 g/mol. The van der Waals surface area contributed by atoms with Gasteiger partial charge in [0.25, 0.3) is 0 Å². The minimum absolute atomic E-state index is 0. The van der Waals surface area contributed by atoms with Crippen LogP contribution >= 0.6 is 0 Å². The molecule has 0 spiro atoms. The van der Waals surface area contributed by atoms with E-state index in [4.69, 9.17) is 4.74 Å². The van der Waals surface area contributed by atoms with Crippen molar-refractivity contribution in [3.63, 3.8) is 0 Å². The van der Waals surface area contributed by atoms with E-state index in [1.54, 1.807) is 6.08 Å². The molecule has 2 nitrogen and oxygen atoms in total. The number of unbranched alkanes of at least 4 members (excludes halogenated alkanes) is 3. The van der Waals surface area contributed by atoms with Crippen molar-refractivity contribution >= 4 is 0 Å². The Morgan fingerprint density at radius 3 is 2.67 bits per heavy atom. The first-order valence-electron chi connectivity index (χ1n) is 4.83. The quantitative estimate of drug-likeness (QED) is 0.296. The van der Waals surface area contributed by atoms with Gasteiger partial charge in [0.2, 0.25) is 0 Å². The first-order chi connectivity index (χ1) is 6.33. The monoisotopic (exact) mass is 370 g/mol. The second kappa shape index (κ2) is 10.7. The van der Waals surface area contributed by atoms with Crippen LogP contribution in [0.4, 0.5) is 0 Å². The van der Waals surface area contributed by atoms with Gasteiger partial charge in [0, 0.05) is 32.0 Å². The maximum absolute atomic E-state index is 10.8. The molecule has 0 aromatic heterocycles. The molecule has 1 radical (unpaired) electrons. The molecule has 1 aliphatic rings. The first-order valence-corrected chi connectivity index (χ1v) is 4.83. The molecular weight excluding hydrogens is 356 g/mol. The van der Waals surface area contributed by atoms with E-state index in [0.29, 0.717) is 5.76 Å². The van der Waals surface area contributed by atoms with E-state index in [0.717, 1.165) is 12.8 Å². The van der Waals surface area contributed by atoms with Gasteiger partial charge in [0.15, 0.2) is 0 Å². The van der Waals surface area contributed by atoms with Crippen LogP contribution in [-0.2, 0) is 29.3 Å². The Morgan fingerprint density at radius 2 is 2.07 bits per heavy atom. The van der Waals surface area contributed by atoms with E-state index in [2.05, 4.69) is 12.7 Å². The molecule has 0 saturated heterocycles. The SMILES string of the molecule is CCCCCCC1=C=CC=C([O])O1.[I-].[Zn]. The van der Waals surface area contributed by atoms with Crippen LogP contribution in [0.2, 0.25) is 0 Å². The Labute approximate surface area is 121 Å². The molecule has 1 rings (SSSR count). The number of ether oxygens (including phenoxy) is 1. The summed E-state index contributed by atoms with van der Waals surface area (Å²) in [6, 6.07) is 0. The van der Waals surface area contributed by atoms with Gasteiger partial charge in [0.05, 0.1) is 0 Å². The average Bonchev–Trinajstić information content (AvgIpc) is 2.13. The smallest absolute Gasteiger partial charge is 0.337 e. The van der Waals surface area contributed by atoms with Crippen molar-refractivity contribution in [2.45, 2.75) is 39.0 Å². The van der Waals surface area contributed by atoms with E-state index >= 15 is 0 Å². The molecule has 1 heterocycles. The zero-order valence-electron chi connectivity index (χ0n) is 9.09. The molecule has 0 bridgehead atoms. The van der Waals surface area contributed by atoms with Crippen LogP contribution in [0.3, 0.4) is 0 Å². The Balaban J connectivity index is 0. The van der Waals surface area contributed by atoms with Crippen molar-refractivity contribution in [2.24, 2.45) is 0 Å². The number of hydrogen-bond donors (Lipinski definition) is 0. The predicted molar refractivity (Wildman–Crippen MR) is 50.2 cm³/mol. The summed E-state index contributed by atoms with van der Waals surface area (Å²) in [4.78, 5) is 0. The number of halogens is 1. The number of hydrogen-bond acceptors (Lipinski definition) is 1. The van der Waals surface area contributed by atoms with Crippen molar-refractivity contribution in [3.8, 4) is 0 Å². The van der Waals surface area contributed by atoms with Crippen molar-refractivity contribution in [1.29, 1.82) is 0 Å². The molecule has 0 N–H and O–H groups in total. The normalized spacial score (nSPS) is 12.9. The minimum atomic E-state index is -0.274. The van der Waals surface area contributed by atoms with Crippen molar-refractivity contribution in [3.05, 3.63) is 29.6 Å². The standard InChI is InChI=1S/C11H15O2.HI.Zn/c1-2-3-4-5-7-10-8-6-9-11(12)13-10;;/h6,9H,2-5,7H2,1H3;1H;/p-1. The van der Waals surface area contributed by atoms with Crippen molar-refractivity contribution in [2.75, 3.05) is 0 Å². The molecule has 0 atom stereocenters. The minimum Gasteiger partial charge on any atom is -1.00 e. The Kier molecular flexibility index (Phi) is 12.6. The number of allylic oxidation sites excluding steroid dienone is 2. The summed E-state index contributed by atoms with van der Waals surface area (Å²) in [7, 11) is 0. The molecule has 0 fully saturated rings. The fourth-order valence-electron chi connectivity index (χ4n) is 1.22. The summed E-state index contributed by atoms with van der Waals surface area (Å²) in [6.45, 7) is 2.18. The van der Waals surface area contributed by atoms with E-state index < -0.39 is 0 Å². The predicted octanol–water partition coefficient (Wildman–Crippen LogP) is 0.299. The summed E-state index contributed by atoms with van der Waals surface area (Å²) in [5.41, 5.74) is 2.92. The van der Waals surface area contributed by atoms with Gasteiger partial charge in [-0.2, -0.15) is 0 Å². The third-order valence-corrected chi connectivity index (χ3v) is 1.94. The topological polar surface area (TPSA) is 29.1 Å². The molecule has 0 amide bonds. The van der Waals surface area contributed by atoms with E-state index in [1.165, 1.54) is 25.3 Å². The van der Waals surface area contributed by atoms with Gasteiger partial charge >= 0.3 is 5.95 Å². The largest absolute Gasteiger partial charge is 1.00 e. The molecule has 0 saturated carbocycles. The van der Waals surface area contributed by atoms with Crippen molar-refractivity contribution in [1.82, 2.24) is 0 Å². The zero-order valence-corrected chi connectivity index (χ0v) is 14.2. The van der Waals surface area contributed by atoms with E-state index in [-0.39, 0.29) is 49.4 Å². The van der Waals surface area contributed by atoms with Crippen molar-refractivity contribution < 1.29 is 53.3 Å². The molecule has 0 aromatic rings. The van der Waals surface area contributed by atoms with Crippen LogP contribution in [0.5, 0.6) is 0 Å².